The Bertz CT molecular complexity index is 344. The van der Waals surface area contributed by atoms with Crippen LogP contribution < -0.4 is 5.32 Å². The van der Waals surface area contributed by atoms with Crippen LogP contribution in [0.4, 0.5) is 0 Å². The highest BCUT2D eigenvalue weighted by Crippen LogP contribution is 2.20. The highest BCUT2D eigenvalue weighted by Gasteiger charge is 2.11. The van der Waals surface area contributed by atoms with Crippen LogP contribution in [0.15, 0.2) is 10.5 Å². The number of nitrogens with one attached hydrogen (secondary N) is 1. The molecule has 0 bridgehead atoms. The molecule has 0 saturated heterocycles. The van der Waals surface area contributed by atoms with Gasteiger partial charge in [0.15, 0.2) is 0 Å². The average molecular weight is 253 g/mol. The van der Waals surface area contributed by atoms with Gasteiger partial charge in [-0.25, -0.2) is 0 Å². The Balaban J connectivity index is 2.17. The summed E-state index contributed by atoms with van der Waals surface area (Å²) in [7, 11) is 0. The van der Waals surface area contributed by atoms with Crippen molar-refractivity contribution in [1.82, 2.24) is 5.32 Å². The first-order chi connectivity index (χ1) is 8.50. The van der Waals surface area contributed by atoms with Gasteiger partial charge in [0.25, 0.3) is 0 Å². The second-order valence-corrected chi connectivity index (χ2v) is 5.34. The zero-order chi connectivity index (χ0) is 13.5. The van der Waals surface area contributed by atoms with Crippen molar-refractivity contribution in [2.75, 3.05) is 19.8 Å². The molecule has 1 heterocycles. The molecule has 0 amide bonds. The summed E-state index contributed by atoms with van der Waals surface area (Å²) in [5.74, 6) is 2.70. The van der Waals surface area contributed by atoms with Gasteiger partial charge in [0.2, 0.25) is 0 Å². The smallest absolute Gasteiger partial charge is 0.105 e. The Morgan fingerprint density at radius 2 is 1.94 bits per heavy atom. The zero-order valence-electron chi connectivity index (χ0n) is 12.4. The molecule has 1 rings (SSSR count). The monoisotopic (exact) mass is 253 g/mol. The lowest BCUT2D eigenvalue weighted by atomic mass is 10.1. The van der Waals surface area contributed by atoms with E-state index in [-0.39, 0.29) is 0 Å². The van der Waals surface area contributed by atoms with E-state index in [1.807, 2.05) is 13.8 Å². The molecular weight excluding hydrogens is 226 g/mol. The minimum atomic E-state index is 0.316. The number of furan rings is 1. The summed E-state index contributed by atoms with van der Waals surface area (Å²) in [6.07, 6.45) is 1.13. The first kappa shape index (κ1) is 15.3. The normalized spacial score (nSPS) is 13.2. The van der Waals surface area contributed by atoms with Crippen LogP contribution in [0.25, 0.3) is 0 Å². The van der Waals surface area contributed by atoms with E-state index in [1.54, 1.807) is 0 Å². The lowest BCUT2D eigenvalue weighted by molar-refractivity contribution is 0.123. The Hall–Kier alpha value is -0.800. The van der Waals surface area contributed by atoms with E-state index in [4.69, 9.17) is 9.15 Å². The van der Waals surface area contributed by atoms with Crippen molar-refractivity contribution in [1.29, 1.82) is 0 Å². The summed E-state index contributed by atoms with van der Waals surface area (Å²) in [4.78, 5) is 0. The molecule has 0 radical (unpaired) electrons. The molecule has 0 aromatic carbocycles. The van der Waals surface area contributed by atoms with Gasteiger partial charge in [0.1, 0.15) is 11.5 Å². The van der Waals surface area contributed by atoms with Crippen LogP contribution in [-0.4, -0.2) is 19.8 Å². The van der Waals surface area contributed by atoms with Gasteiger partial charge in [-0.1, -0.05) is 13.8 Å². The van der Waals surface area contributed by atoms with E-state index in [0.717, 1.165) is 37.7 Å². The summed E-state index contributed by atoms with van der Waals surface area (Å²) >= 11 is 0. The SMILES string of the molecule is Cc1cc(C(C)NCCOCCC(C)C)c(C)o1. The van der Waals surface area contributed by atoms with Crippen molar-refractivity contribution >= 4 is 0 Å². The molecule has 18 heavy (non-hydrogen) atoms. The van der Waals surface area contributed by atoms with Crippen molar-refractivity contribution in [3.8, 4) is 0 Å². The van der Waals surface area contributed by atoms with Gasteiger partial charge in [0, 0.05) is 24.8 Å². The Morgan fingerprint density at radius 1 is 1.22 bits per heavy atom. The second-order valence-electron chi connectivity index (χ2n) is 5.34. The zero-order valence-corrected chi connectivity index (χ0v) is 12.4. The van der Waals surface area contributed by atoms with Gasteiger partial charge in [-0.2, -0.15) is 0 Å². The van der Waals surface area contributed by atoms with Crippen LogP contribution in [0.2, 0.25) is 0 Å². The van der Waals surface area contributed by atoms with Gasteiger partial charge in [-0.3, -0.25) is 0 Å². The fourth-order valence-corrected chi connectivity index (χ4v) is 1.96. The number of hydrogen-bond donors (Lipinski definition) is 1. The largest absolute Gasteiger partial charge is 0.466 e. The summed E-state index contributed by atoms with van der Waals surface area (Å²) < 4.78 is 11.1. The van der Waals surface area contributed by atoms with E-state index in [2.05, 4.69) is 32.2 Å². The predicted octanol–water partition coefficient (Wildman–Crippen LogP) is 3.61. The standard InChI is InChI=1S/C15H27NO2/c1-11(2)6-8-17-9-7-16-13(4)15-10-12(3)18-14(15)5/h10-11,13,16H,6-9H2,1-5H3. The first-order valence-electron chi connectivity index (χ1n) is 6.88. The van der Waals surface area contributed by atoms with Gasteiger partial charge >= 0.3 is 0 Å². The Morgan fingerprint density at radius 3 is 2.50 bits per heavy atom. The van der Waals surface area contributed by atoms with Crippen molar-refractivity contribution in [3.05, 3.63) is 23.2 Å². The number of hydrogen-bond acceptors (Lipinski definition) is 3. The molecule has 1 aromatic rings. The molecule has 3 heteroatoms. The molecule has 1 atom stereocenters. The summed E-state index contributed by atoms with van der Waals surface area (Å²) in [5, 5.41) is 3.46. The number of aryl methyl sites for hydroxylation is 2. The molecule has 3 nitrogen and oxygen atoms in total. The third-order valence-electron chi connectivity index (χ3n) is 3.08. The van der Waals surface area contributed by atoms with Crippen LogP contribution in [-0.2, 0) is 4.74 Å². The van der Waals surface area contributed by atoms with Gasteiger partial charge in [-0.15, -0.1) is 0 Å². The Kier molecular flexibility index (Phi) is 6.44. The highest BCUT2D eigenvalue weighted by atomic mass is 16.5. The molecule has 1 unspecified atom stereocenters. The fourth-order valence-electron chi connectivity index (χ4n) is 1.96. The second kappa shape index (κ2) is 7.59. The van der Waals surface area contributed by atoms with E-state index in [1.165, 1.54) is 5.56 Å². The lowest BCUT2D eigenvalue weighted by Crippen LogP contribution is -2.23. The van der Waals surface area contributed by atoms with Crippen molar-refractivity contribution < 1.29 is 9.15 Å². The molecule has 1 N–H and O–H groups in total. The summed E-state index contributed by atoms with van der Waals surface area (Å²) in [6, 6.07) is 2.42. The van der Waals surface area contributed by atoms with Crippen LogP contribution in [0, 0.1) is 19.8 Å². The minimum absolute atomic E-state index is 0.316. The summed E-state index contributed by atoms with van der Waals surface area (Å²) in [5.41, 5.74) is 1.25. The number of ether oxygens (including phenoxy) is 1. The third-order valence-corrected chi connectivity index (χ3v) is 3.08. The molecule has 1 aromatic heterocycles. The topological polar surface area (TPSA) is 34.4 Å². The lowest BCUT2D eigenvalue weighted by Gasteiger charge is -2.13. The van der Waals surface area contributed by atoms with E-state index in [0.29, 0.717) is 12.0 Å². The van der Waals surface area contributed by atoms with Crippen LogP contribution in [0.3, 0.4) is 0 Å². The van der Waals surface area contributed by atoms with Gasteiger partial charge in [-0.05, 0) is 39.2 Å². The molecule has 104 valence electrons. The maximum absolute atomic E-state index is 5.58. The van der Waals surface area contributed by atoms with Crippen molar-refractivity contribution in [3.63, 3.8) is 0 Å². The van der Waals surface area contributed by atoms with Gasteiger partial charge in [0.05, 0.1) is 6.61 Å². The van der Waals surface area contributed by atoms with Crippen LogP contribution in [0.5, 0.6) is 0 Å². The summed E-state index contributed by atoms with van der Waals surface area (Å²) in [6.45, 7) is 13.1. The first-order valence-corrected chi connectivity index (χ1v) is 6.88. The van der Waals surface area contributed by atoms with E-state index < -0.39 is 0 Å². The van der Waals surface area contributed by atoms with E-state index in [9.17, 15) is 0 Å². The van der Waals surface area contributed by atoms with Crippen LogP contribution >= 0.6 is 0 Å². The molecular formula is C15H27NO2. The maximum Gasteiger partial charge on any atom is 0.105 e. The molecule has 0 spiro atoms. The van der Waals surface area contributed by atoms with E-state index >= 15 is 0 Å². The molecule has 0 aliphatic heterocycles. The van der Waals surface area contributed by atoms with Crippen molar-refractivity contribution in [2.45, 2.75) is 47.1 Å². The predicted molar refractivity (Wildman–Crippen MR) is 74.9 cm³/mol. The molecule has 0 fully saturated rings. The molecule has 0 saturated carbocycles. The van der Waals surface area contributed by atoms with Crippen LogP contribution in [0.1, 0.15) is 50.3 Å². The molecule has 0 aliphatic carbocycles. The third kappa shape index (κ3) is 5.23. The number of rotatable bonds is 8. The minimum Gasteiger partial charge on any atom is -0.466 e. The highest BCUT2D eigenvalue weighted by molar-refractivity contribution is 5.23. The average Bonchev–Trinajstić information content (AvgIpc) is 2.62. The fraction of sp³-hybridized carbons (Fsp3) is 0.733. The van der Waals surface area contributed by atoms with Gasteiger partial charge < -0.3 is 14.5 Å². The Labute approximate surface area is 111 Å². The van der Waals surface area contributed by atoms with Crippen molar-refractivity contribution in [2.24, 2.45) is 5.92 Å². The molecule has 0 aliphatic rings. The maximum atomic E-state index is 5.58. The quantitative estimate of drug-likeness (QED) is 0.719.